The van der Waals surface area contributed by atoms with Gasteiger partial charge in [0, 0.05) is 11.8 Å². The molecular formula is C10H8N3O. The second-order valence-corrected chi connectivity index (χ2v) is 2.74. The average Bonchev–Trinajstić information content (AvgIpc) is 2.18. The lowest BCUT2D eigenvalue weighted by molar-refractivity contribution is 0.477. The van der Waals surface area contributed by atoms with E-state index in [-0.39, 0.29) is 11.7 Å². The van der Waals surface area contributed by atoms with Crippen molar-refractivity contribution in [1.29, 1.82) is 0 Å². The van der Waals surface area contributed by atoms with Gasteiger partial charge in [-0.3, -0.25) is 0 Å². The standard InChI is InChI=1S/C10H8N3O/c11-10-12-6-5-8(13-10)7-3-1-2-4-9(7)14/h2-6,14H,(H2,11,12,13). The smallest absolute Gasteiger partial charge is 0.220 e. The maximum Gasteiger partial charge on any atom is 0.220 e. The first kappa shape index (κ1) is 8.50. The molecule has 1 radical (unpaired) electrons. The molecule has 0 fully saturated rings. The molecule has 0 amide bonds. The number of phenols is 1. The highest BCUT2D eigenvalue weighted by molar-refractivity contribution is 5.66. The van der Waals surface area contributed by atoms with Gasteiger partial charge in [0.25, 0.3) is 0 Å². The van der Waals surface area contributed by atoms with Gasteiger partial charge in [0.15, 0.2) is 0 Å². The van der Waals surface area contributed by atoms with E-state index in [0.29, 0.717) is 11.3 Å². The number of hydrogen-bond donors (Lipinski definition) is 2. The topological polar surface area (TPSA) is 72.0 Å². The number of rotatable bonds is 1. The number of nitrogens with zero attached hydrogens (tertiary/aromatic N) is 2. The highest BCUT2D eigenvalue weighted by Crippen LogP contribution is 2.26. The molecule has 0 aliphatic carbocycles. The van der Waals surface area contributed by atoms with Gasteiger partial charge in [-0.05, 0) is 24.3 Å². The van der Waals surface area contributed by atoms with E-state index < -0.39 is 0 Å². The molecule has 2 rings (SSSR count). The van der Waals surface area contributed by atoms with Gasteiger partial charge in [-0.1, -0.05) is 6.07 Å². The molecule has 1 aromatic carbocycles. The second-order valence-electron chi connectivity index (χ2n) is 2.74. The molecule has 2 aromatic rings. The molecule has 0 bridgehead atoms. The molecule has 3 N–H and O–H groups in total. The van der Waals surface area contributed by atoms with Gasteiger partial charge in [0.2, 0.25) is 5.95 Å². The molecular weight excluding hydrogens is 178 g/mol. The molecule has 0 unspecified atom stereocenters. The lowest BCUT2D eigenvalue weighted by Crippen LogP contribution is -1.95. The number of anilines is 1. The van der Waals surface area contributed by atoms with Crippen LogP contribution in [0.15, 0.2) is 30.5 Å². The zero-order valence-corrected chi connectivity index (χ0v) is 7.31. The van der Waals surface area contributed by atoms with Crippen LogP contribution in [0.1, 0.15) is 0 Å². The summed E-state index contributed by atoms with van der Waals surface area (Å²) in [6, 6.07) is 9.37. The van der Waals surface area contributed by atoms with Crippen LogP contribution in [0.2, 0.25) is 0 Å². The van der Waals surface area contributed by atoms with Crippen LogP contribution in [0.3, 0.4) is 0 Å². The van der Waals surface area contributed by atoms with E-state index in [0.717, 1.165) is 0 Å². The monoisotopic (exact) mass is 186 g/mol. The Kier molecular flexibility index (Phi) is 2.02. The van der Waals surface area contributed by atoms with Crippen molar-refractivity contribution in [1.82, 2.24) is 9.97 Å². The van der Waals surface area contributed by atoms with Crippen LogP contribution in [0.4, 0.5) is 5.95 Å². The number of nitrogens with two attached hydrogens (primary N) is 1. The van der Waals surface area contributed by atoms with E-state index in [1.54, 1.807) is 30.5 Å². The quantitative estimate of drug-likeness (QED) is 0.702. The van der Waals surface area contributed by atoms with Crippen LogP contribution >= 0.6 is 0 Å². The molecule has 0 atom stereocenters. The van der Waals surface area contributed by atoms with Crippen LogP contribution < -0.4 is 5.73 Å². The van der Waals surface area contributed by atoms with Crippen molar-refractivity contribution in [3.8, 4) is 17.0 Å². The summed E-state index contributed by atoms with van der Waals surface area (Å²) in [6.07, 6.45) is 1.55. The third kappa shape index (κ3) is 1.50. The minimum atomic E-state index is 0.154. The number of aromatic hydroxyl groups is 1. The summed E-state index contributed by atoms with van der Waals surface area (Å²) in [5, 5.41) is 9.53. The first-order chi connectivity index (χ1) is 6.77. The Hall–Kier alpha value is -2.10. The maximum atomic E-state index is 9.53. The molecule has 4 heteroatoms. The predicted molar refractivity (Wildman–Crippen MR) is 52.4 cm³/mol. The van der Waals surface area contributed by atoms with Gasteiger partial charge in [0.05, 0.1) is 5.69 Å². The summed E-state index contributed by atoms with van der Waals surface area (Å²) in [7, 11) is 0. The third-order valence-electron chi connectivity index (χ3n) is 1.79. The van der Waals surface area contributed by atoms with Crippen LogP contribution in [-0.4, -0.2) is 15.1 Å². The fourth-order valence-corrected chi connectivity index (χ4v) is 1.15. The number of phenolic OH excluding ortho intramolecular Hbond substituents is 1. The fraction of sp³-hybridized carbons (Fsp3) is 0. The molecule has 0 aliphatic rings. The Morgan fingerprint density at radius 2 is 2.21 bits per heavy atom. The molecule has 0 aliphatic heterocycles. The van der Waals surface area contributed by atoms with Crippen molar-refractivity contribution in [2.24, 2.45) is 0 Å². The summed E-state index contributed by atoms with van der Waals surface area (Å²) >= 11 is 0. The number of benzene rings is 1. The van der Waals surface area contributed by atoms with E-state index >= 15 is 0 Å². The minimum Gasteiger partial charge on any atom is -0.507 e. The van der Waals surface area contributed by atoms with Crippen molar-refractivity contribution < 1.29 is 5.11 Å². The van der Waals surface area contributed by atoms with E-state index in [1.165, 1.54) is 0 Å². The maximum absolute atomic E-state index is 9.53. The Balaban J connectivity index is 2.55. The van der Waals surface area contributed by atoms with Gasteiger partial charge in [-0.2, -0.15) is 0 Å². The first-order valence-electron chi connectivity index (χ1n) is 4.05. The van der Waals surface area contributed by atoms with Crippen molar-refractivity contribution in [2.45, 2.75) is 0 Å². The second kappa shape index (κ2) is 3.33. The highest BCUT2D eigenvalue weighted by atomic mass is 16.3. The van der Waals surface area contributed by atoms with Gasteiger partial charge < -0.3 is 10.8 Å². The van der Waals surface area contributed by atoms with Crippen LogP contribution in [0, 0.1) is 6.07 Å². The van der Waals surface area contributed by atoms with Crippen molar-refractivity contribution >= 4 is 5.95 Å². The van der Waals surface area contributed by atoms with Crippen molar-refractivity contribution in [2.75, 3.05) is 5.73 Å². The summed E-state index contributed by atoms with van der Waals surface area (Å²) in [6.45, 7) is 0. The molecule has 0 saturated carbocycles. The van der Waals surface area contributed by atoms with Crippen molar-refractivity contribution in [3.63, 3.8) is 0 Å². The molecule has 4 nitrogen and oxygen atoms in total. The van der Waals surface area contributed by atoms with Crippen LogP contribution in [0.25, 0.3) is 11.3 Å². The van der Waals surface area contributed by atoms with Crippen molar-refractivity contribution in [3.05, 3.63) is 36.5 Å². The molecule has 0 spiro atoms. The Bertz CT molecular complexity index is 457. The van der Waals surface area contributed by atoms with E-state index in [9.17, 15) is 5.11 Å². The SMILES string of the molecule is Nc1nccc(-c2c[c]ccc2O)n1. The van der Waals surface area contributed by atoms with Gasteiger partial charge >= 0.3 is 0 Å². The van der Waals surface area contributed by atoms with E-state index in [4.69, 9.17) is 5.73 Å². The largest absolute Gasteiger partial charge is 0.507 e. The zero-order chi connectivity index (χ0) is 9.97. The summed E-state index contributed by atoms with van der Waals surface area (Å²) < 4.78 is 0. The lowest BCUT2D eigenvalue weighted by atomic mass is 10.1. The molecule has 1 heterocycles. The number of hydrogen-bond acceptors (Lipinski definition) is 4. The van der Waals surface area contributed by atoms with Crippen LogP contribution in [0.5, 0.6) is 5.75 Å². The lowest BCUT2D eigenvalue weighted by Gasteiger charge is -2.02. The average molecular weight is 186 g/mol. The van der Waals surface area contributed by atoms with Crippen LogP contribution in [-0.2, 0) is 0 Å². The van der Waals surface area contributed by atoms with Gasteiger partial charge in [-0.15, -0.1) is 0 Å². The van der Waals surface area contributed by atoms with E-state index in [2.05, 4.69) is 16.0 Å². The minimum absolute atomic E-state index is 0.154. The number of aromatic nitrogens is 2. The first-order valence-corrected chi connectivity index (χ1v) is 4.05. The Morgan fingerprint density at radius 3 is 2.93 bits per heavy atom. The fourth-order valence-electron chi connectivity index (χ4n) is 1.15. The summed E-state index contributed by atoms with van der Waals surface area (Å²) in [4.78, 5) is 7.76. The van der Waals surface area contributed by atoms with Gasteiger partial charge in [-0.25, -0.2) is 9.97 Å². The van der Waals surface area contributed by atoms with Gasteiger partial charge in [0.1, 0.15) is 5.75 Å². The molecule has 69 valence electrons. The number of nitrogen functional groups attached to an aromatic ring is 1. The summed E-state index contributed by atoms with van der Waals surface area (Å²) in [5.74, 6) is 0.340. The summed E-state index contributed by atoms with van der Waals surface area (Å²) in [5.41, 5.74) is 6.62. The highest BCUT2D eigenvalue weighted by Gasteiger charge is 2.04. The molecule has 1 aromatic heterocycles. The zero-order valence-electron chi connectivity index (χ0n) is 7.31. The Labute approximate surface area is 81.1 Å². The van der Waals surface area contributed by atoms with E-state index in [1.807, 2.05) is 0 Å². The Morgan fingerprint density at radius 1 is 1.36 bits per heavy atom. The predicted octanol–water partition coefficient (Wildman–Crippen LogP) is 1.23. The third-order valence-corrected chi connectivity index (χ3v) is 1.79. The molecule has 0 saturated heterocycles. The molecule has 14 heavy (non-hydrogen) atoms. The normalized spacial score (nSPS) is 10.0.